The van der Waals surface area contributed by atoms with Crippen LogP contribution in [0.2, 0.25) is 0 Å². The standard InChI is InChI=1S/C13H19N3O4/c1-4-9(2)14-13(19)15-11(17)8-20-12(18)10-6-5-7-16(10)3/h5-7,9H,4,8H2,1-3H3,(H2,14,15,17,19)/t9-/m1/s1. The van der Waals surface area contributed by atoms with E-state index in [1.54, 1.807) is 29.9 Å². The maximum atomic E-state index is 11.6. The molecule has 1 rings (SSSR count). The first-order valence-corrected chi connectivity index (χ1v) is 6.32. The summed E-state index contributed by atoms with van der Waals surface area (Å²) in [6.45, 7) is 3.23. The largest absolute Gasteiger partial charge is 0.451 e. The minimum absolute atomic E-state index is 0.0336. The summed E-state index contributed by atoms with van der Waals surface area (Å²) >= 11 is 0. The highest BCUT2D eigenvalue weighted by Crippen LogP contribution is 2.01. The maximum absolute atomic E-state index is 11.6. The third-order valence-electron chi connectivity index (χ3n) is 2.73. The van der Waals surface area contributed by atoms with Crippen molar-refractivity contribution in [3.8, 4) is 0 Å². The van der Waals surface area contributed by atoms with Crippen LogP contribution >= 0.6 is 0 Å². The van der Waals surface area contributed by atoms with Crippen molar-refractivity contribution in [1.82, 2.24) is 15.2 Å². The van der Waals surface area contributed by atoms with Gasteiger partial charge in [0.1, 0.15) is 5.69 Å². The number of carbonyl (C=O) groups is 3. The zero-order chi connectivity index (χ0) is 15.1. The van der Waals surface area contributed by atoms with Crippen LogP contribution in [-0.4, -0.2) is 35.1 Å². The number of aromatic nitrogens is 1. The molecule has 110 valence electrons. The molecule has 0 fully saturated rings. The van der Waals surface area contributed by atoms with Gasteiger partial charge in [0, 0.05) is 19.3 Å². The minimum Gasteiger partial charge on any atom is -0.451 e. The van der Waals surface area contributed by atoms with E-state index in [1.807, 2.05) is 13.8 Å². The molecule has 0 aliphatic rings. The topological polar surface area (TPSA) is 89.4 Å². The van der Waals surface area contributed by atoms with Gasteiger partial charge in [0.05, 0.1) is 0 Å². The van der Waals surface area contributed by atoms with Crippen molar-refractivity contribution in [3.63, 3.8) is 0 Å². The SMILES string of the molecule is CC[C@@H](C)NC(=O)NC(=O)COC(=O)c1cccn1C. The molecular formula is C13H19N3O4. The van der Waals surface area contributed by atoms with E-state index in [-0.39, 0.29) is 6.04 Å². The molecule has 0 saturated heterocycles. The quantitative estimate of drug-likeness (QED) is 0.781. The lowest BCUT2D eigenvalue weighted by molar-refractivity contribution is -0.123. The number of nitrogens with one attached hydrogen (secondary N) is 2. The van der Waals surface area contributed by atoms with Crippen molar-refractivity contribution in [2.75, 3.05) is 6.61 Å². The molecule has 2 N–H and O–H groups in total. The van der Waals surface area contributed by atoms with Gasteiger partial charge in [0.2, 0.25) is 0 Å². The van der Waals surface area contributed by atoms with Gasteiger partial charge in [-0.1, -0.05) is 6.92 Å². The Morgan fingerprint density at radius 2 is 2.10 bits per heavy atom. The van der Waals surface area contributed by atoms with Gasteiger partial charge >= 0.3 is 12.0 Å². The lowest BCUT2D eigenvalue weighted by Crippen LogP contribution is -2.44. The van der Waals surface area contributed by atoms with Crippen LogP contribution in [0.5, 0.6) is 0 Å². The number of urea groups is 1. The molecule has 1 atom stereocenters. The third kappa shape index (κ3) is 4.75. The first kappa shape index (κ1) is 15.7. The molecule has 0 aliphatic heterocycles. The molecular weight excluding hydrogens is 262 g/mol. The molecule has 1 heterocycles. The number of ether oxygens (including phenoxy) is 1. The molecule has 1 aromatic heterocycles. The zero-order valence-electron chi connectivity index (χ0n) is 11.8. The number of rotatable bonds is 5. The van der Waals surface area contributed by atoms with E-state index in [9.17, 15) is 14.4 Å². The molecule has 7 heteroatoms. The van der Waals surface area contributed by atoms with Crippen molar-refractivity contribution < 1.29 is 19.1 Å². The number of imide groups is 1. The number of esters is 1. The Morgan fingerprint density at radius 3 is 2.65 bits per heavy atom. The van der Waals surface area contributed by atoms with Gasteiger partial charge in [-0.2, -0.15) is 0 Å². The van der Waals surface area contributed by atoms with Gasteiger partial charge in [-0.3, -0.25) is 10.1 Å². The van der Waals surface area contributed by atoms with Crippen LogP contribution in [0.3, 0.4) is 0 Å². The summed E-state index contributed by atoms with van der Waals surface area (Å²) in [6, 6.07) is 2.64. The van der Waals surface area contributed by atoms with Crippen LogP contribution in [0.1, 0.15) is 30.8 Å². The van der Waals surface area contributed by atoms with Crippen molar-refractivity contribution in [1.29, 1.82) is 0 Å². The van der Waals surface area contributed by atoms with E-state index in [1.165, 1.54) is 0 Å². The normalized spacial score (nSPS) is 11.6. The summed E-state index contributed by atoms with van der Waals surface area (Å²) < 4.78 is 6.39. The number of hydrogen-bond acceptors (Lipinski definition) is 4. The lowest BCUT2D eigenvalue weighted by atomic mass is 10.3. The number of amides is 3. The van der Waals surface area contributed by atoms with Crippen LogP contribution in [0.4, 0.5) is 4.79 Å². The molecule has 20 heavy (non-hydrogen) atoms. The highest BCUT2D eigenvalue weighted by atomic mass is 16.5. The Hall–Kier alpha value is -2.31. The Balaban J connectivity index is 2.35. The molecule has 3 amide bonds. The Labute approximate surface area is 117 Å². The third-order valence-corrected chi connectivity index (χ3v) is 2.73. The van der Waals surface area contributed by atoms with Crippen LogP contribution in [0.25, 0.3) is 0 Å². The molecule has 0 saturated carbocycles. The van der Waals surface area contributed by atoms with Gasteiger partial charge < -0.3 is 14.6 Å². The Kier molecular flexibility index (Phi) is 5.76. The van der Waals surface area contributed by atoms with Crippen molar-refractivity contribution >= 4 is 17.9 Å². The van der Waals surface area contributed by atoms with Crippen molar-refractivity contribution in [3.05, 3.63) is 24.0 Å². The van der Waals surface area contributed by atoms with E-state index in [2.05, 4.69) is 10.6 Å². The van der Waals surface area contributed by atoms with Gasteiger partial charge in [0.25, 0.3) is 5.91 Å². The number of nitrogens with zero attached hydrogens (tertiary/aromatic N) is 1. The fourth-order valence-electron chi connectivity index (χ4n) is 1.40. The summed E-state index contributed by atoms with van der Waals surface area (Å²) in [5.41, 5.74) is 0.335. The van der Waals surface area contributed by atoms with Gasteiger partial charge in [-0.25, -0.2) is 9.59 Å². The second-order valence-corrected chi connectivity index (χ2v) is 4.41. The van der Waals surface area contributed by atoms with E-state index in [4.69, 9.17) is 4.74 Å². The smallest absolute Gasteiger partial charge is 0.355 e. The highest BCUT2D eigenvalue weighted by Gasteiger charge is 2.14. The summed E-state index contributed by atoms with van der Waals surface area (Å²) in [6.07, 6.45) is 2.44. The fraction of sp³-hybridized carbons (Fsp3) is 0.462. The average molecular weight is 281 g/mol. The van der Waals surface area contributed by atoms with Gasteiger partial charge in [0.15, 0.2) is 6.61 Å². The number of carbonyl (C=O) groups excluding carboxylic acids is 3. The molecule has 1 aromatic rings. The molecule has 0 bridgehead atoms. The number of aryl methyl sites for hydroxylation is 1. The maximum Gasteiger partial charge on any atom is 0.355 e. The lowest BCUT2D eigenvalue weighted by Gasteiger charge is -2.11. The molecule has 7 nitrogen and oxygen atoms in total. The second-order valence-electron chi connectivity index (χ2n) is 4.41. The van der Waals surface area contributed by atoms with E-state index >= 15 is 0 Å². The molecule has 0 radical (unpaired) electrons. The second kappa shape index (κ2) is 7.32. The van der Waals surface area contributed by atoms with Gasteiger partial charge in [-0.05, 0) is 25.5 Å². The van der Waals surface area contributed by atoms with Crippen LogP contribution in [0, 0.1) is 0 Å². The van der Waals surface area contributed by atoms with Crippen LogP contribution in [0.15, 0.2) is 18.3 Å². The summed E-state index contributed by atoms with van der Waals surface area (Å²) in [5.74, 6) is -1.29. The minimum atomic E-state index is -0.673. The predicted molar refractivity (Wildman–Crippen MR) is 72.1 cm³/mol. The molecule has 0 aliphatic carbocycles. The van der Waals surface area contributed by atoms with E-state index in [0.717, 1.165) is 6.42 Å². The number of hydrogen-bond donors (Lipinski definition) is 2. The summed E-state index contributed by atoms with van der Waals surface area (Å²) in [4.78, 5) is 34.4. The van der Waals surface area contributed by atoms with E-state index in [0.29, 0.717) is 5.69 Å². The Bertz CT molecular complexity index is 496. The first-order valence-electron chi connectivity index (χ1n) is 6.32. The summed E-state index contributed by atoms with van der Waals surface area (Å²) in [7, 11) is 1.69. The van der Waals surface area contributed by atoms with Crippen molar-refractivity contribution in [2.24, 2.45) is 7.05 Å². The zero-order valence-corrected chi connectivity index (χ0v) is 11.8. The first-order chi connectivity index (χ1) is 9.43. The van der Waals surface area contributed by atoms with Crippen molar-refractivity contribution in [2.45, 2.75) is 26.3 Å². The molecule has 0 spiro atoms. The molecule has 0 unspecified atom stereocenters. The van der Waals surface area contributed by atoms with Gasteiger partial charge in [-0.15, -0.1) is 0 Å². The molecule has 0 aromatic carbocycles. The summed E-state index contributed by atoms with van der Waals surface area (Å²) in [5, 5.41) is 4.66. The Morgan fingerprint density at radius 1 is 1.40 bits per heavy atom. The average Bonchev–Trinajstić information content (AvgIpc) is 2.81. The highest BCUT2D eigenvalue weighted by molar-refractivity contribution is 5.96. The fourth-order valence-corrected chi connectivity index (χ4v) is 1.40. The predicted octanol–water partition coefficient (Wildman–Crippen LogP) is 0.806. The monoisotopic (exact) mass is 281 g/mol. The van der Waals surface area contributed by atoms with E-state index < -0.39 is 24.5 Å². The van der Waals surface area contributed by atoms with Crippen LogP contribution < -0.4 is 10.6 Å². The van der Waals surface area contributed by atoms with Crippen LogP contribution in [-0.2, 0) is 16.6 Å².